The van der Waals surface area contributed by atoms with Gasteiger partial charge >= 0.3 is 0 Å². The van der Waals surface area contributed by atoms with E-state index < -0.39 is 0 Å². The molecule has 1 aliphatic carbocycles. The highest BCUT2D eigenvalue weighted by Crippen LogP contribution is 2.26. The van der Waals surface area contributed by atoms with Crippen LogP contribution in [0.25, 0.3) is 0 Å². The number of aromatic nitrogens is 2. The molecule has 1 aromatic rings. The number of guanidine groups is 1. The van der Waals surface area contributed by atoms with Crippen LogP contribution in [-0.4, -0.2) is 66.0 Å². The molecule has 1 amide bonds. The van der Waals surface area contributed by atoms with Crippen LogP contribution in [0, 0.1) is 5.92 Å². The van der Waals surface area contributed by atoms with E-state index >= 15 is 0 Å². The van der Waals surface area contributed by atoms with Crippen molar-refractivity contribution < 1.29 is 4.79 Å². The zero-order valence-electron chi connectivity index (χ0n) is 14.6. The summed E-state index contributed by atoms with van der Waals surface area (Å²) in [4.78, 5) is 29.1. The fraction of sp³-hybridized carbons (Fsp3) is 0.647. The van der Waals surface area contributed by atoms with Crippen molar-refractivity contribution in [1.82, 2.24) is 20.2 Å². The summed E-state index contributed by atoms with van der Waals surface area (Å²) in [5.41, 5.74) is 5.84. The second-order valence-corrected chi connectivity index (χ2v) is 6.62. The zero-order valence-corrected chi connectivity index (χ0v) is 14.6. The predicted molar refractivity (Wildman–Crippen MR) is 97.3 cm³/mol. The minimum Gasteiger partial charge on any atom is -0.370 e. The topological polar surface area (TPSA) is 99.7 Å². The maximum atomic E-state index is 12.3. The number of nitrogens with one attached hydrogen (secondary N) is 1. The van der Waals surface area contributed by atoms with E-state index in [-0.39, 0.29) is 5.91 Å². The number of carbonyl (C=O) groups is 1. The molecule has 0 atom stereocenters. The molecule has 2 heterocycles. The Bertz CT molecular complexity index is 580. The largest absolute Gasteiger partial charge is 0.370 e. The number of rotatable bonds is 6. The Morgan fingerprint density at radius 2 is 1.96 bits per heavy atom. The average Bonchev–Trinajstić information content (AvgIpc) is 2.61. The fourth-order valence-corrected chi connectivity index (χ4v) is 3.02. The van der Waals surface area contributed by atoms with Crippen LogP contribution in [0.3, 0.4) is 0 Å². The first-order valence-corrected chi connectivity index (χ1v) is 9.06. The van der Waals surface area contributed by atoms with Crippen LogP contribution in [0.15, 0.2) is 23.5 Å². The lowest BCUT2D eigenvalue weighted by Crippen LogP contribution is -2.49. The highest BCUT2D eigenvalue weighted by molar-refractivity contribution is 5.80. The monoisotopic (exact) mass is 345 g/mol. The lowest BCUT2D eigenvalue weighted by Gasteiger charge is -2.34. The van der Waals surface area contributed by atoms with Gasteiger partial charge in [0.25, 0.3) is 0 Å². The summed E-state index contributed by atoms with van der Waals surface area (Å²) >= 11 is 0. The molecule has 1 aromatic heterocycles. The second kappa shape index (κ2) is 8.64. The van der Waals surface area contributed by atoms with Crippen molar-refractivity contribution in [3.63, 3.8) is 0 Å². The number of carbonyl (C=O) groups excluding carboxylic acids is 1. The highest BCUT2D eigenvalue weighted by atomic mass is 16.2. The molecule has 8 heteroatoms. The van der Waals surface area contributed by atoms with E-state index in [2.05, 4.69) is 25.2 Å². The molecule has 0 radical (unpaired) electrons. The van der Waals surface area contributed by atoms with Crippen LogP contribution in [0.4, 0.5) is 5.95 Å². The third kappa shape index (κ3) is 5.04. The van der Waals surface area contributed by atoms with Gasteiger partial charge in [-0.2, -0.15) is 0 Å². The minimum atomic E-state index is 0.146. The van der Waals surface area contributed by atoms with Crippen LogP contribution in [0.2, 0.25) is 0 Å². The third-order valence-electron chi connectivity index (χ3n) is 4.86. The molecule has 0 aromatic carbocycles. The van der Waals surface area contributed by atoms with E-state index in [1.54, 1.807) is 18.5 Å². The summed E-state index contributed by atoms with van der Waals surface area (Å²) in [6, 6.07) is 1.80. The molecule has 1 saturated carbocycles. The van der Waals surface area contributed by atoms with Crippen LogP contribution in [0.1, 0.15) is 25.7 Å². The van der Waals surface area contributed by atoms with Gasteiger partial charge in [-0.1, -0.05) is 6.42 Å². The summed E-state index contributed by atoms with van der Waals surface area (Å²) < 4.78 is 0. The standard InChI is InChI=1S/C17H27N7O/c18-16(22-13-14-3-1-4-14)19-8-5-15(25)23-9-11-24(12-10-23)17-20-6-2-7-21-17/h2,6-7,14H,1,3-5,8-13H2,(H3,18,19,22). The van der Waals surface area contributed by atoms with Crippen molar-refractivity contribution in [2.24, 2.45) is 16.6 Å². The van der Waals surface area contributed by atoms with Crippen molar-refractivity contribution in [2.45, 2.75) is 25.7 Å². The van der Waals surface area contributed by atoms with Crippen molar-refractivity contribution >= 4 is 17.8 Å². The second-order valence-electron chi connectivity index (χ2n) is 6.62. The molecular formula is C17H27N7O. The van der Waals surface area contributed by atoms with E-state index in [1.807, 2.05) is 4.90 Å². The number of piperazine rings is 1. The Morgan fingerprint density at radius 3 is 2.60 bits per heavy atom. The van der Waals surface area contributed by atoms with Crippen LogP contribution in [-0.2, 0) is 4.79 Å². The third-order valence-corrected chi connectivity index (χ3v) is 4.86. The Morgan fingerprint density at radius 1 is 1.24 bits per heavy atom. The normalized spacial score (nSPS) is 18.8. The van der Waals surface area contributed by atoms with Gasteiger partial charge in [0.05, 0.1) is 0 Å². The van der Waals surface area contributed by atoms with Crippen LogP contribution < -0.4 is 16.0 Å². The summed E-state index contributed by atoms with van der Waals surface area (Å²) in [6.45, 7) is 4.24. The van der Waals surface area contributed by atoms with E-state index in [0.717, 1.165) is 25.6 Å². The average molecular weight is 345 g/mol. The van der Waals surface area contributed by atoms with Gasteiger partial charge in [-0.25, -0.2) is 9.97 Å². The van der Waals surface area contributed by atoms with Crippen LogP contribution >= 0.6 is 0 Å². The smallest absolute Gasteiger partial charge is 0.225 e. The molecule has 1 aliphatic heterocycles. The number of aliphatic imine (C=N–C) groups is 1. The SMILES string of the molecule is NC(=NCC1CCC1)NCCC(=O)N1CCN(c2ncccn2)CC1. The van der Waals surface area contributed by atoms with Gasteiger partial charge < -0.3 is 20.9 Å². The molecule has 8 nitrogen and oxygen atoms in total. The van der Waals surface area contributed by atoms with Gasteiger partial charge in [0.1, 0.15) is 0 Å². The number of hydrogen-bond acceptors (Lipinski definition) is 5. The number of hydrogen-bond donors (Lipinski definition) is 2. The predicted octanol–water partition coefficient (Wildman–Crippen LogP) is 0.220. The molecule has 0 spiro atoms. The van der Waals surface area contributed by atoms with Gasteiger partial charge in [-0.3, -0.25) is 9.79 Å². The maximum absolute atomic E-state index is 12.3. The molecule has 1 saturated heterocycles. The molecule has 25 heavy (non-hydrogen) atoms. The van der Waals surface area contributed by atoms with Gasteiger partial charge in [0.15, 0.2) is 5.96 Å². The van der Waals surface area contributed by atoms with Gasteiger partial charge in [-0.15, -0.1) is 0 Å². The molecule has 2 fully saturated rings. The Hall–Kier alpha value is -2.38. The lowest BCUT2D eigenvalue weighted by molar-refractivity contribution is -0.131. The van der Waals surface area contributed by atoms with Crippen LogP contribution in [0.5, 0.6) is 0 Å². The Kier molecular flexibility index (Phi) is 6.03. The number of amides is 1. The van der Waals surface area contributed by atoms with E-state index in [0.29, 0.717) is 37.9 Å². The first kappa shape index (κ1) is 17.4. The van der Waals surface area contributed by atoms with Crippen molar-refractivity contribution in [2.75, 3.05) is 44.2 Å². The summed E-state index contributed by atoms with van der Waals surface area (Å²) in [5, 5.41) is 3.04. The van der Waals surface area contributed by atoms with Gasteiger partial charge in [-0.05, 0) is 24.8 Å². The Balaban J connectivity index is 1.33. The maximum Gasteiger partial charge on any atom is 0.225 e. The molecule has 3 rings (SSSR count). The minimum absolute atomic E-state index is 0.146. The number of nitrogens with two attached hydrogens (primary N) is 1. The summed E-state index contributed by atoms with van der Waals surface area (Å²) in [5.74, 6) is 2.03. The van der Waals surface area contributed by atoms with Crippen molar-refractivity contribution in [1.29, 1.82) is 0 Å². The summed E-state index contributed by atoms with van der Waals surface area (Å²) in [6.07, 6.45) is 7.74. The fourth-order valence-electron chi connectivity index (χ4n) is 3.02. The first-order valence-electron chi connectivity index (χ1n) is 9.06. The molecular weight excluding hydrogens is 318 g/mol. The number of anilines is 1. The molecule has 136 valence electrons. The molecule has 0 unspecified atom stereocenters. The van der Waals surface area contributed by atoms with E-state index in [4.69, 9.17) is 5.73 Å². The zero-order chi connectivity index (χ0) is 17.5. The molecule has 0 bridgehead atoms. The number of nitrogens with zero attached hydrogens (tertiary/aromatic N) is 5. The van der Waals surface area contributed by atoms with Gasteiger partial charge in [0, 0.05) is 58.1 Å². The first-order chi connectivity index (χ1) is 12.2. The van der Waals surface area contributed by atoms with Crippen molar-refractivity contribution in [3.8, 4) is 0 Å². The molecule has 3 N–H and O–H groups in total. The van der Waals surface area contributed by atoms with E-state index in [9.17, 15) is 4.79 Å². The quantitative estimate of drug-likeness (QED) is 0.565. The highest BCUT2D eigenvalue weighted by Gasteiger charge is 2.22. The lowest BCUT2D eigenvalue weighted by atomic mass is 9.86. The van der Waals surface area contributed by atoms with E-state index in [1.165, 1.54) is 19.3 Å². The molecule has 2 aliphatic rings. The Labute approximate surface area is 148 Å². The summed E-state index contributed by atoms with van der Waals surface area (Å²) in [7, 11) is 0. The van der Waals surface area contributed by atoms with Gasteiger partial charge in [0.2, 0.25) is 11.9 Å². The van der Waals surface area contributed by atoms with Crippen molar-refractivity contribution in [3.05, 3.63) is 18.5 Å².